The number of hydrogen-bond donors (Lipinski definition) is 0. The molecule has 2 bridgehead atoms. The molecule has 9 atom stereocenters. The van der Waals surface area contributed by atoms with E-state index in [1.54, 1.807) is 5.56 Å². The predicted octanol–water partition coefficient (Wildman–Crippen LogP) is 21.9. The van der Waals surface area contributed by atoms with Gasteiger partial charge in [0, 0.05) is 71.1 Å². The molecule has 0 N–H and O–H groups in total. The van der Waals surface area contributed by atoms with Gasteiger partial charge in [0.25, 0.3) is 0 Å². The van der Waals surface area contributed by atoms with Gasteiger partial charge in [-0.2, -0.15) is 0 Å². The van der Waals surface area contributed by atoms with Gasteiger partial charge >= 0.3 is 0 Å². The van der Waals surface area contributed by atoms with Crippen LogP contribution in [0.3, 0.4) is 0 Å². The van der Waals surface area contributed by atoms with Crippen LogP contribution in [-0.4, -0.2) is 78.3 Å². The Labute approximate surface area is 591 Å². The fraction of sp³-hybridized carbons (Fsp3) is 0.516. The van der Waals surface area contributed by atoms with Gasteiger partial charge in [-0.3, -0.25) is 0 Å². The number of rotatable bonds is 17. The lowest BCUT2D eigenvalue weighted by Crippen LogP contribution is -2.42. The summed E-state index contributed by atoms with van der Waals surface area (Å²) in [5.41, 5.74) is 18.7. The molecule has 9 unspecified atom stereocenters. The maximum Gasteiger partial charge on any atom is 0.0871 e. The van der Waals surface area contributed by atoms with Crippen molar-refractivity contribution in [1.29, 1.82) is 0 Å². The van der Waals surface area contributed by atoms with Gasteiger partial charge in [0.05, 0.1) is 37.6 Å². The molecule has 0 saturated heterocycles. The maximum absolute atomic E-state index is 5.96. The van der Waals surface area contributed by atoms with Gasteiger partial charge in [-0.15, -0.1) is 0 Å². The van der Waals surface area contributed by atoms with Crippen LogP contribution >= 0.6 is 0 Å². The van der Waals surface area contributed by atoms with Crippen LogP contribution in [0.15, 0.2) is 170 Å². The molecular weight excluding hydrogens is 1200 g/mol. The number of benzene rings is 8. The molecule has 8 aromatic rings. The largest absolute Gasteiger partial charge is 0.381 e. The monoisotopic (exact) mass is 1320 g/mol. The molecule has 98 heavy (non-hydrogen) atoms. The zero-order valence-electron chi connectivity index (χ0n) is 61.7. The predicted molar refractivity (Wildman–Crippen MR) is 408 cm³/mol. The van der Waals surface area contributed by atoms with Crippen LogP contribution in [0.2, 0.25) is 0 Å². The van der Waals surface area contributed by atoms with Gasteiger partial charge in [-0.05, 0) is 262 Å². The molecule has 0 aromatic heterocycles. The summed E-state index contributed by atoms with van der Waals surface area (Å²) in [5, 5.41) is 5.59. The first-order valence-electron chi connectivity index (χ1n) is 38.4. The summed E-state index contributed by atoms with van der Waals surface area (Å²) in [6, 6.07) is 61.2. The van der Waals surface area contributed by atoms with E-state index in [-0.39, 0.29) is 6.10 Å². The average Bonchev–Trinajstić information content (AvgIpc) is 1.60. The van der Waals surface area contributed by atoms with Crippen molar-refractivity contribution >= 4 is 21.5 Å². The molecule has 0 radical (unpaired) electrons. The van der Waals surface area contributed by atoms with Crippen molar-refractivity contribution in [3.63, 3.8) is 0 Å². The molecule has 7 nitrogen and oxygen atoms in total. The average molecular weight is 1330 g/mol. The van der Waals surface area contributed by atoms with Crippen LogP contribution in [0.1, 0.15) is 218 Å². The van der Waals surface area contributed by atoms with Crippen molar-refractivity contribution in [2.24, 2.45) is 22.7 Å². The Hall–Kier alpha value is -6.00. The Morgan fingerprint density at radius 1 is 0.347 bits per heavy atom. The highest BCUT2D eigenvalue weighted by Crippen LogP contribution is 2.63. The third kappa shape index (κ3) is 19.1. The van der Waals surface area contributed by atoms with Crippen molar-refractivity contribution in [3.8, 4) is 0 Å². The second-order valence-corrected chi connectivity index (χ2v) is 29.3. The lowest BCUT2D eigenvalue weighted by Gasteiger charge is -2.42. The molecule has 16 rings (SSSR count). The molecule has 8 aromatic carbocycles. The molecule has 526 valence electrons. The van der Waals surface area contributed by atoms with E-state index < -0.39 is 0 Å². The fourth-order valence-electron chi connectivity index (χ4n) is 17.7. The molecule has 2 fully saturated rings. The molecule has 0 aliphatic heterocycles. The van der Waals surface area contributed by atoms with Crippen LogP contribution in [0.4, 0.5) is 0 Å². The topological polar surface area (TPSA) is 64.6 Å². The number of aryl methyl sites for hydroxylation is 4. The molecule has 0 amide bonds. The first kappa shape index (κ1) is 74.7. The van der Waals surface area contributed by atoms with E-state index >= 15 is 0 Å². The van der Waals surface area contributed by atoms with E-state index in [2.05, 4.69) is 239 Å². The van der Waals surface area contributed by atoms with Crippen LogP contribution < -0.4 is 0 Å². The normalized spacial score (nSPS) is 23.5. The summed E-state index contributed by atoms with van der Waals surface area (Å²) in [6.07, 6.45) is 22.7. The zero-order valence-corrected chi connectivity index (χ0v) is 61.7. The lowest BCUT2D eigenvalue weighted by molar-refractivity contribution is -0.0840. The van der Waals surface area contributed by atoms with Crippen molar-refractivity contribution in [1.82, 2.24) is 0 Å². The summed E-state index contributed by atoms with van der Waals surface area (Å²) < 4.78 is 39.7. The summed E-state index contributed by atoms with van der Waals surface area (Å²) in [6.45, 7) is 30.2. The maximum atomic E-state index is 5.96. The molecule has 0 heterocycles. The molecular formula is C91H120O7. The highest BCUT2D eigenvalue weighted by atomic mass is 16.5. The van der Waals surface area contributed by atoms with Crippen LogP contribution in [0, 0.1) is 22.7 Å². The highest BCUT2D eigenvalue weighted by molar-refractivity contribution is 5.92. The number of fused-ring (bicyclic) bond motifs is 6. The van der Waals surface area contributed by atoms with Crippen LogP contribution in [0.5, 0.6) is 0 Å². The molecule has 8 aliphatic carbocycles. The van der Waals surface area contributed by atoms with Gasteiger partial charge in [0.1, 0.15) is 0 Å². The number of ether oxygens (including phenoxy) is 7. The summed E-state index contributed by atoms with van der Waals surface area (Å²) >= 11 is 0. The Kier molecular flexibility index (Phi) is 28.7. The van der Waals surface area contributed by atoms with Crippen molar-refractivity contribution in [2.45, 2.75) is 215 Å². The first-order valence-corrected chi connectivity index (χ1v) is 38.4. The minimum Gasteiger partial charge on any atom is -0.381 e. The lowest BCUT2D eigenvalue weighted by atomic mass is 9.70. The molecule has 2 saturated carbocycles. The van der Waals surface area contributed by atoms with Crippen LogP contribution in [0.25, 0.3) is 21.5 Å². The van der Waals surface area contributed by atoms with Gasteiger partial charge in [0.2, 0.25) is 0 Å². The Morgan fingerprint density at radius 3 is 1.44 bits per heavy atom. The summed E-state index contributed by atoms with van der Waals surface area (Å²) in [4.78, 5) is 0. The van der Waals surface area contributed by atoms with Gasteiger partial charge in [-0.1, -0.05) is 191 Å². The Balaban J connectivity index is 0.000000124. The SMILES string of the molecule is CCOC1C2(C)CCC(C2)C1(C)C.CCOC1CCCc2ccccc21.CCOC1CCc2ccccc2C1.CCOC1Cc2cccc3cccc1c23.CCOCC1CCCc2ccccc21.CCOCC1CCc2ccccc2C1.CCOCC1Cc2cccc3cccc1c23. The molecule has 0 spiro atoms. The van der Waals surface area contributed by atoms with E-state index in [0.717, 1.165) is 97.2 Å². The zero-order chi connectivity index (χ0) is 68.7. The third-order valence-corrected chi connectivity index (χ3v) is 22.5. The Morgan fingerprint density at radius 2 is 0.827 bits per heavy atom. The molecule has 8 aliphatic rings. The van der Waals surface area contributed by atoms with E-state index in [1.165, 1.54) is 173 Å². The van der Waals surface area contributed by atoms with Crippen molar-refractivity contribution in [2.75, 3.05) is 66.1 Å². The first-order chi connectivity index (χ1) is 47.9. The van der Waals surface area contributed by atoms with E-state index in [1.807, 2.05) is 0 Å². The minimum atomic E-state index is 0.274. The van der Waals surface area contributed by atoms with Crippen molar-refractivity contribution < 1.29 is 33.2 Å². The minimum absolute atomic E-state index is 0.274. The van der Waals surface area contributed by atoms with Gasteiger partial charge in [-0.25, -0.2) is 0 Å². The summed E-state index contributed by atoms with van der Waals surface area (Å²) in [5.74, 6) is 2.85. The van der Waals surface area contributed by atoms with Crippen LogP contribution in [-0.2, 0) is 84.5 Å². The van der Waals surface area contributed by atoms with E-state index in [4.69, 9.17) is 33.2 Å². The second-order valence-electron chi connectivity index (χ2n) is 29.3. The fourth-order valence-corrected chi connectivity index (χ4v) is 17.7. The second kappa shape index (κ2) is 37.6. The third-order valence-electron chi connectivity index (χ3n) is 22.5. The van der Waals surface area contributed by atoms with E-state index in [9.17, 15) is 0 Å². The number of hydrogen-bond acceptors (Lipinski definition) is 7. The smallest absolute Gasteiger partial charge is 0.0871 e. The highest BCUT2D eigenvalue weighted by Gasteiger charge is 2.60. The standard InChI is InChI=1S/C15H16O.C14H14O.2C13H18O.C12H22O.2C12H16O/c1-2-16-10-13-9-12-7-3-5-11-6-4-8-14(13)15(11)12;1-2-15-13-9-11-7-3-5-10-6-4-8-12(13)14(10)11;1-2-14-10-12-8-5-7-11-6-3-4-9-13(11)12;1-2-14-10-11-7-8-12-5-3-4-6-13(12)9-11;1-5-13-10-11(2,3)9-6-7-12(10,4)8-9;1-2-13-12-9-5-7-10-6-3-4-8-11(10)12;1-2-13-12-8-7-10-5-3-4-6-11(10)9-12/h3-8,13H,2,9-10H2,1H3;3-8,13H,2,9H2,1H3;3-4,6,9,12H,2,5,7-8,10H2,1H3;3-6,11H,2,7-10H2,1H3;9-10H,5-8H2,1-4H3;3-4,6,8,12H,2,5,7,9H2,1H3;3-6,12H,2,7-9H2,1H3. The van der Waals surface area contributed by atoms with Gasteiger partial charge < -0.3 is 33.2 Å². The molecule has 7 heteroatoms. The van der Waals surface area contributed by atoms with E-state index in [0.29, 0.717) is 41.0 Å². The van der Waals surface area contributed by atoms with Gasteiger partial charge in [0.15, 0.2) is 0 Å². The quantitative estimate of drug-likeness (QED) is 0.0900. The van der Waals surface area contributed by atoms with Crippen molar-refractivity contribution in [3.05, 3.63) is 237 Å². The Bertz CT molecular complexity index is 3680. The summed E-state index contributed by atoms with van der Waals surface area (Å²) in [7, 11) is 0.